The third-order valence-electron chi connectivity index (χ3n) is 3.23. The Labute approximate surface area is 116 Å². The molecule has 0 saturated carbocycles. The van der Waals surface area contributed by atoms with Gasteiger partial charge in [0.2, 0.25) is 5.91 Å². The maximum Gasteiger partial charge on any atom is 0.223 e. The van der Waals surface area contributed by atoms with E-state index in [0.717, 1.165) is 18.3 Å². The predicted molar refractivity (Wildman–Crippen MR) is 74.8 cm³/mol. The first-order valence-corrected chi connectivity index (χ1v) is 7.45. The molecule has 5 heteroatoms. The lowest BCUT2D eigenvalue weighted by Gasteiger charge is -2.30. The van der Waals surface area contributed by atoms with Crippen LogP contribution in [0.4, 0.5) is 0 Å². The minimum atomic E-state index is 0.00954. The van der Waals surface area contributed by atoms with Crippen molar-refractivity contribution in [2.75, 3.05) is 11.9 Å². The van der Waals surface area contributed by atoms with E-state index in [1.165, 1.54) is 11.3 Å². The summed E-state index contributed by atoms with van der Waals surface area (Å²) in [6.07, 6.45) is 3.39. The molecule has 100 valence electrons. The lowest BCUT2D eigenvalue weighted by atomic mass is 10.0. The number of fused-ring (bicyclic) bond motifs is 1. The second-order valence-electron chi connectivity index (χ2n) is 5.70. The first kappa shape index (κ1) is 13.6. The van der Waals surface area contributed by atoms with E-state index in [1.54, 1.807) is 0 Å². The molecule has 1 aromatic rings. The highest BCUT2D eigenvalue weighted by Gasteiger charge is 2.27. The zero-order chi connectivity index (χ0) is 13.3. The Kier molecular flexibility index (Phi) is 3.80. The van der Waals surface area contributed by atoms with Crippen molar-refractivity contribution < 1.29 is 4.79 Å². The molecule has 1 amide bonds. The van der Waals surface area contributed by atoms with Crippen LogP contribution in [0.5, 0.6) is 0 Å². The van der Waals surface area contributed by atoms with Gasteiger partial charge < -0.3 is 4.90 Å². The smallest absolute Gasteiger partial charge is 0.223 e. The van der Waals surface area contributed by atoms with E-state index in [1.807, 2.05) is 11.1 Å². The summed E-state index contributed by atoms with van der Waals surface area (Å²) in [5.41, 5.74) is 2.49. The molecule has 2 rings (SSSR count). The maximum absolute atomic E-state index is 11.9. The molecule has 18 heavy (non-hydrogen) atoms. The number of rotatable bonds is 2. The van der Waals surface area contributed by atoms with Crippen molar-refractivity contribution >= 4 is 21.8 Å². The standard InChI is InChI=1S/C13H20BrN3O/c1-13(2,3)17-11-5-7-16(12(18)4-6-14)9-10(11)8-15-17/h8H,4-7,9H2,1-3H3. The molecule has 0 unspecified atom stereocenters. The summed E-state index contributed by atoms with van der Waals surface area (Å²) in [6, 6.07) is 0. The summed E-state index contributed by atoms with van der Waals surface area (Å²) < 4.78 is 2.09. The Hall–Kier alpha value is -0.840. The summed E-state index contributed by atoms with van der Waals surface area (Å²) in [6.45, 7) is 7.98. The average Bonchev–Trinajstić information content (AvgIpc) is 2.71. The molecule has 1 aromatic heterocycles. The van der Waals surface area contributed by atoms with Gasteiger partial charge in [0, 0.05) is 42.5 Å². The van der Waals surface area contributed by atoms with Crippen molar-refractivity contribution in [3.63, 3.8) is 0 Å². The molecule has 0 aliphatic carbocycles. The Morgan fingerprint density at radius 2 is 2.22 bits per heavy atom. The number of amides is 1. The second-order valence-corrected chi connectivity index (χ2v) is 6.50. The summed E-state index contributed by atoms with van der Waals surface area (Å²) in [5, 5.41) is 5.21. The highest BCUT2D eigenvalue weighted by molar-refractivity contribution is 9.09. The van der Waals surface area contributed by atoms with Crippen LogP contribution in [0.1, 0.15) is 38.4 Å². The molecule has 0 spiro atoms. The van der Waals surface area contributed by atoms with Crippen molar-refractivity contribution in [2.45, 2.75) is 45.7 Å². The lowest BCUT2D eigenvalue weighted by molar-refractivity contribution is -0.131. The van der Waals surface area contributed by atoms with Crippen molar-refractivity contribution in [1.29, 1.82) is 0 Å². The highest BCUT2D eigenvalue weighted by Crippen LogP contribution is 2.24. The summed E-state index contributed by atoms with van der Waals surface area (Å²) >= 11 is 3.31. The van der Waals surface area contributed by atoms with Crippen LogP contribution in [0, 0.1) is 0 Å². The number of carbonyl (C=O) groups is 1. The van der Waals surface area contributed by atoms with Gasteiger partial charge in [-0.15, -0.1) is 0 Å². The Balaban J connectivity index is 2.17. The predicted octanol–water partition coefficient (Wildman–Crippen LogP) is 2.31. The van der Waals surface area contributed by atoms with E-state index >= 15 is 0 Å². The summed E-state index contributed by atoms with van der Waals surface area (Å²) in [7, 11) is 0. The van der Waals surface area contributed by atoms with Gasteiger partial charge >= 0.3 is 0 Å². The molecule has 0 N–H and O–H groups in total. The minimum Gasteiger partial charge on any atom is -0.338 e. The van der Waals surface area contributed by atoms with Crippen LogP contribution >= 0.6 is 15.9 Å². The van der Waals surface area contributed by atoms with Gasteiger partial charge in [-0.1, -0.05) is 15.9 Å². The van der Waals surface area contributed by atoms with Crippen molar-refractivity contribution in [3.8, 4) is 0 Å². The molecular weight excluding hydrogens is 294 g/mol. The quantitative estimate of drug-likeness (QED) is 0.786. The van der Waals surface area contributed by atoms with Gasteiger partial charge in [-0.2, -0.15) is 5.10 Å². The highest BCUT2D eigenvalue weighted by atomic mass is 79.9. The van der Waals surface area contributed by atoms with E-state index in [2.05, 4.69) is 46.5 Å². The molecule has 0 saturated heterocycles. The van der Waals surface area contributed by atoms with Crippen LogP contribution in [0.25, 0.3) is 0 Å². The average molecular weight is 314 g/mol. The fourth-order valence-corrected chi connectivity index (χ4v) is 2.70. The number of halogens is 1. The van der Waals surface area contributed by atoms with Crippen LogP contribution in [0.2, 0.25) is 0 Å². The van der Waals surface area contributed by atoms with E-state index in [-0.39, 0.29) is 11.4 Å². The maximum atomic E-state index is 11.9. The summed E-state index contributed by atoms with van der Waals surface area (Å²) in [4.78, 5) is 13.8. The van der Waals surface area contributed by atoms with Gasteiger partial charge in [0.15, 0.2) is 0 Å². The first-order valence-electron chi connectivity index (χ1n) is 6.33. The third kappa shape index (κ3) is 2.60. The molecule has 0 atom stereocenters. The van der Waals surface area contributed by atoms with E-state index in [9.17, 15) is 4.79 Å². The van der Waals surface area contributed by atoms with Gasteiger partial charge in [-0.3, -0.25) is 9.48 Å². The third-order valence-corrected chi connectivity index (χ3v) is 3.63. The Bertz CT molecular complexity index is 448. The van der Waals surface area contributed by atoms with E-state index in [0.29, 0.717) is 13.0 Å². The van der Waals surface area contributed by atoms with Crippen LogP contribution in [-0.2, 0) is 23.3 Å². The van der Waals surface area contributed by atoms with E-state index in [4.69, 9.17) is 0 Å². The van der Waals surface area contributed by atoms with Gasteiger partial charge in [0.05, 0.1) is 11.7 Å². The van der Waals surface area contributed by atoms with Crippen LogP contribution in [0.15, 0.2) is 6.20 Å². The number of alkyl halides is 1. The fraction of sp³-hybridized carbons (Fsp3) is 0.692. The number of nitrogens with zero attached hydrogens (tertiary/aromatic N) is 3. The van der Waals surface area contributed by atoms with Crippen molar-refractivity contribution in [1.82, 2.24) is 14.7 Å². The summed E-state index contributed by atoms with van der Waals surface area (Å²) in [5.74, 6) is 0.223. The monoisotopic (exact) mass is 313 g/mol. The molecule has 0 radical (unpaired) electrons. The van der Waals surface area contributed by atoms with Gasteiger partial charge in [0.25, 0.3) is 0 Å². The topological polar surface area (TPSA) is 38.1 Å². The van der Waals surface area contributed by atoms with Crippen molar-refractivity contribution in [2.24, 2.45) is 0 Å². The van der Waals surface area contributed by atoms with Crippen LogP contribution < -0.4 is 0 Å². The van der Waals surface area contributed by atoms with Gasteiger partial charge in [-0.25, -0.2) is 0 Å². The molecular formula is C13H20BrN3O. The normalized spacial score (nSPS) is 15.7. The molecule has 0 fully saturated rings. The fourth-order valence-electron chi connectivity index (χ4n) is 2.36. The first-order chi connectivity index (χ1) is 8.43. The number of hydrogen-bond acceptors (Lipinski definition) is 2. The molecule has 0 bridgehead atoms. The van der Waals surface area contributed by atoms with Crippen molar-refractivity contribution in [3.05, 3.63) is 17.5 Å². The SMILES string of the molecule is CC(C)(C)n1ncc2c1CCN(C(=O)CCBr)C2. The lowest BCUT2D eigenvalue weighted by Crippen LogP contribution is -2.37. The van der Waals surface area contributed by atoms with E-state index < -0.39 is 0 Å². The number of carbonyl (C=O) groups excluding carboxylic acids is 1. The largest absolute Gasteiger partial charge is 0.338 e. The number of aromatic nitrogens is 2. The minimum absolute atomic E-state index is 0.00954. The molecule has 4 nitrogen and oxygen atoms in total. The number of hydrogen-bond donors (Lipinski definition) is 0. The van der Waals surface area contributed by atoms with Crippen LogP contribution in [-0.4, -0.2) is 32.5 Å². The van der Waals surface area contributed by atoms with Gasteiger partial charge in [-0.05, 0) is 20.8 Å². The van der Waals surface area contributed by atoms with Crippen LogP contribution in [0.3, 0.4) is 0 Å². The zero-order valence-electron chi connectivity index (χ0n) is 11.2. The molecule has 1 aliphatic rings. The second kappa shape index (κ2) is 5.03. The van der Waals surface area contributed by atoms with Gasteiger partial charge in [0.1, 0.15) is 0 Å². The molecule has 0 aromatic carbocycles. The zero-order valence-corrected chi connectivity index (χ0v) is 12.8. The molecule has 2 heterocycles. The Morgan fingerprint density at radius 3 is 2.83 bits per heavy atom. The molecule has 1 aliphatic heterocycles. The Morgan fingerprint density at radius 1 is 1.50 bits per heavy atom.